The molecular formula is C60H84N4O5. The number of Topliss-reactive ketones (excluding diaryl/α,β-unsaturated/α-hetero) is 1. The molecule has 7 atom stereocenters. The van der Waals surface area contributed by atoms with E-state index in [9.17, 15) is 0 Å². The van der Waals surface area contributed by atoms with Crippen LogP contribution in [-0.2, 0) is 34.7 Å². The van der Waals surface area contributed by atoms with Crippen molar-refractivity contribution < 1.29 is 23.9 Å². The van der Waals surface area contributed by atoms with Crippen molar-refractivity contribution >= 4 is 17.6 Å². The molecule has 2 aromatic carbocycles. The van der Waals surface area contributed by atoms with Gasteiger partial charge in [0.05, 0.1) is 24.0 Å². The first-order valence-corrected chi connectivity index (χ1v) is 28.7. The third kappa shape index (κ3) is 6.83. The Labute approximate surface area is 413 Å². The second-order valence-electron chi connectivity index (χ2n) is 24.6. The number of nitrogens with one attached hydrogen (secondary N) is 2. The zero-order valence-electron chi connectivity index (χ0n) is 42.3. The molecule has 4 saturated carbocycles. The van der Waals surface area contributed by atoms with Crippen molar-refractivity contribution in [3.05, 3.63) is 70.8 Å². The highest BCUT2D eigenvalue weighted by molar-refractivity contribution is 5.93. The zero-order chi connectivity index (χ0) is 46.9. The average Bonchev–Trinajstić information content (AvgIpc) is 4.24. The lowest BCUT2D eigenvalue weighted by Crippen LogP contribution is -2.81. The minimum Gasteiger partial charge on any atom is -0.380 e. The molecule has 12 rings (SSSR count). The maximum Gasteiger partial charge on any atom is 0.227 e. The van der Waals surface area contributed by atoms with Gasteiger partial charge in [-0.05, 0) is 189 Å². The topological polar surface area (TPSA) is 100 Å². The Morgan fingerprint density at radius 2 is 1.01 bits per heavy atom. The van der Waals surface area contributed by atoms with E-state index in [1.54, 1.807) is 0 Å². The third-order valence-electron chi connectivity index (χ3n) is 22.5. The summed E-state index contributed by atoms with van der Waals surface area (Å²) in [7, 11) is 0. The number of hydrogen-bond acceptors (Lipinski definition) is 7. The van der Waals surface area contributed by atoms with Gasteiger partial charge in [-0.2, -0.15) is 0 Å². The molecule has 69 heavy (non-hydrogen) atoms. The van der Waals surface area contributed by atoms with Gasteiger partial charge in [-0.3, -0.25) is 19.3 Å². The quantitative estimate of drug-likeness (QED) is 0.272. The highest BCUT2D eigenvalue weighted by Crippen LogP contribution is 2.80. The molecule has 10 aliphatic rings. The number of ether oxygens (including phenoxy) is 2. The molecule has 6 aliphatic heterocycles. The molecular weight excluding hydrogens is 857 g/mol. The highest BCUT2D eigenvalue weighted by atomic mass is 16.5. The van der Waals surface area contributed by atoms with Crippen molar-refractivity contribution in [2.24, 2.45) is 21.7 Å². The largest absolute Gasteiger partial charge is 0.380 e. The van der Waals surface area contributed by atoms with Crippen LogP contribution >= 0.6 is 0 Å². The minimum absolute atomic E-state index is 0.115. The number of ketones is 1. The highest BCUT2D eigenvalue weighted by Gasteiger charge is 2.84. The van der Waals surface area contributed by atoms with Crippen LogP contribution in [0.3, 0.4) is 0 Å². The van der Waals surface area contributed by atoms with Crippen molar-refractivity contribution in [1.82, 2.24) is 20.4 Å². The predicted molar refractivity (Wildman–Crippen MR) is 270 cm³/mol. The van der Waals surface area contributed by atoms with Crippen LogP contribution in [-0.4, -0.2) is 105 Å². The maximum atomic E-state index is 16.1. The third-order valence-corrected chi connectivity index (χ3v) is 22.5. The Kier molecular flexibility index (Phi) is 12.5. The summed E-state index contributed by atoms with van der Waals surface area (Å²) in [5.41, 5.74) is -0.129. The van der Waals surface area contributed by atoms with E-state index in [1.807, 2.05) is 0 Å². The van der Waals surface area contributed by atoms with Gasteiger partial charge in [0.25, 0.3) is 0 Å². The Morgan fingerprint density at radius 3 is 1.51 bits per heavy atom. The van der Waals surface area contributed by atoms with Gasteiger partial charge in [0, 0.05) is 72.5 Å². The van der Waals surface area contributed by atoms with Crippen LogP contribution in [0.25, 0.3) is 0 Å². The molecule has 9 heteroatoms. The first-order chi connectivity index (χ1) is 33.7. The van der Waals surface area contributed by atoms with E-state index < -0.39 is 32.5 Å². The lowest BCUT2D eigenvalue weighted by atomic mass is 9.25. The SMILES string of the molecule is C[C@@H]1CCCN1C1CCC(c2ccc(C3(C4(C5(c6ccc(C7CCC(N8CCCC8)CC7)cc6)COCCC56CCNC6=O)CCCCC45CCCCC5=O)COCCC34CCNC4=O)cc2)CC1. The Balaban J connectivity index is 1.05. The summed E-state index contributed by atoms with van der Waals surface area (Å²) in [6.45, 7) is 9.12. The van der Waals surface area contributed by atoms with E-state index in [4.69, 9.17) is 9.47 Å². The molecule has 0 bridgehead atoms. The fourth-order valence-electron chi connectivity index (χ4n) is 19.4. The van der Waals surface area contributed by atoms with Crippen molar-refractivity contribution in [2.75, 3.05) is 59.2 Å². The lowest BCUT2D eigenvalue weighted by molar-refractivity contribution is -0.260. The van der Waals surface area contributed by atoms with Crippen molar-refractivity contribution in [1.29, 1.82) is 0 Å². The zero-order valence-corrected chi connectivity index (χ0v) is 42.3. The van der Waals surface area contributed by atoms with Crippen LogP contribution in [0.15, 0.2) is 48.5 Å². The number of carbonyl (C=O) groups is 3. The molecule has 374 valence electrons. The second-order valence-corrected chi connectivity index (χ2v) is 24.6. The molecule has 6 heterocycles. The number of carbonyl (C=O) groups excluding carboxylic acids is 3. The summed E-state index contributed by atoms with van der Waals surface area (Å²) in [6.07, 6.45) is 24.3. The van der Waals surface area contributed by atoms with Crippen LogP contribution in [0.5, 0.6) is 0 Å². The molecule has 6 saturated heterocycles. The summed E-state index contributed by atoms with van der Waals surface area (Å²) in [4.78, 5) is 52.8. The number of benzene rings is 2. The van der Waals surface area contributed by atoms with E-state index in [-0.39, 0.29) is 11.8 Å². The Bertz CT molecular complexity index is 2210. The molecule has 10 fully saturated rings. The second kappa shape index (κ2) is 18.4. The Morgan fingerprint density at radius 1 is 0.507 bits per heavy atom. The van der Waals surface area contributed by atoms with Gasteiger partial charge in [-0.25, -0.2) is 0 Å². The van der Waals surface area contributed by atoms with Crippen molar-refractivity contribution in [3.63, 3.8) is 0 Å². The van der Waals surface area contributed by atoms with E-state index in [0.717, 1.165) is 56.1 Å². The predicted octanol–water partition coefficient (Wildman–Crippen LogP) is 10.0. The van der Waals surface area contributed by atoms with Crippen LogP contribution in [0.2, 0.25) is 0 Å². The smallest absolute Gasteiger partial charge is 0.227 e. The molecule has 9 nitrogen and oxygen atoms in total. The molecule has 4 aliphatic carbocycles. The molecule has 2 aromatic rings. The van der Waals surface area contributed by atoms with E-state index in [2.05, 4.69) is 75.9 Å². The maximum absolute atomic E-state index is 16.1. The Hall–Kier alpha value is -3.11. The average molecular weight is 941 g/mol. The van der Waals surface area contributed by atoms with Crippen LogP contribution in [0.4, 0.5) is 0 Å². The molecule has 6 unspecified atom stereocenters. The van der Waals surface area contributed by atoms with Gasteiger partial charge in [0.2, 0.25) is 11.8 Å². The van der Waals surface area contributed by atoms with Gasteiger partial charge in [-0.15, -0.1) is 0 Å². The van der Waals surface area contributed by atoms with E-state index >= 15 is 14.4 Å². The van der Waals surface area contributed by atoms with Crippen LogP contribution < -0.4 is 10.6 Å². The first-order valence-electron chi connectivity index (χ1n) is 28.7. The minimum atomic E-state index is -0.933. The molecule has 2 amide bonds. The van der Waals surface area contributed by atoms with Gasteiger partial charge >= 0.3 is 0 Å². The normalized spacial score (nSPS) is 42.4. The number of hydrogen-bond donors (Lipinski definition) is 2. The fourth-order valence-corrected chi connectivity index (χ4v) is 19.4. The number of likely N-dealkylation sites (tertiary alicyclic amines) is 2. The van der Waals surface area contributed by atoms with Gasteiger partial charge in [0.15, 0.2) is 0 Å². The standard InChI is InChI=1S/C60H84N4O5/c1-43-9-8-38-64(43)51-25-17-47(18-26-51)45-13-21-49(22-14-45)59(42-69-40-33-57(59)31-35-62-54(57)67)60(29-5-4-28-55(60)27-3-2-10-52(55)65)58(41-68-39-32-56(58)30-34-61-53(56)66)48-19-11-44(12-20-48)46-15-23-50(24-16-46)63-36-6-7-37-63/h11-14,19-22,43,46-47,50-51H,2-10,15-18,23-42H2,1H3,(H,61,66)(H,62,67)/t43-,46?,47?,50?,51?,55?,56?,57?,58?,59?,60?/m1/s1. The van der Waals surface area contributed by atoms with E-state index in [1.165, 1.54) is 108 Å². The van der Waals surface area contributed by atoms with Gasteiger partial charge in [-0.1, -0.05) is 67.8 Å². The summed E-state index contributed by atoms with van der Waals surface area (Å²) in [6, 6.07) is 21.5. The van der Waals surface area contributed by atoms with E-state index in [0.29, 0.717) is 107 Å². The summed E-state index contributed by atoms with van der Waals surface area (Å²) < 4.78 is 14.2. The van der Waals surface area contributed by atoms with Gasteiger partial charge in [0.1, 0.15) is 5.78 Å². The van der Waals surface area contributed by atoms with Crippen LogP contribution in [0, 0.1) is 21.7 Å². The molecule has 0 aromatic heterocycles. The summed E-state index contributed by atoms with van der Waals surface area (Å²) >= 11 is 0. The molecule has 0 radical (unpaired) electrons. The van der Waals surface area contributed by atoms with Crippen LogP contribution in [0.1, 0.15) is 195 Å². The van der Waals surface area contributed by atoms with Gasteiger partial charge < -0.3 is 25.0 Å². The fraction of sp³-hybridized carbons (Fsp3) is 0.750. The number of nitrogens with zero attached hydrogens (tertiary/aromatic N) is 2. The number of amides is 2. The van der Waals surface area contributed by atoms with Crippen molar-refractivity contribution in [2.45, 2.75) is 202 Å². The monoisotopic (exact) mass is 941 g/mol. The molecule has 3 spiro atoms. The molecule has 2 N–H and O–H groups in total. The van der Waals surface area contributed by atoms with Crippen molar-refractivity contribution in [3.8, 4) is 0 Å². The first kappa shape index (κ1) is 46.9. The summed E-state index contributed by atoms with van der Waals surface area (Å²) in [5, 5.41) is 6.90. The summed E-state index contributed by atoms with van der Waals surface area (Å²) in [5.74, 6) is 1.60. The lowest BCUT2D eigenvalue weighted by Gasteiger charge is -2.76. The number of rotatable bonds is 8.